The number of amides is 1. The highest BCUT2D eigenvalue weighted by Gasteiger charge is 2.28. The molecule has 1 atom stereocenters. The quantitative estimate of drug-likeness (QED) is 0.519. The van der Waals surface area contributed by atoms with Crippen LogP contribution in [0.15, 0.2) is 59.8 Å². The van der Waals surface area contributed by atoms with Gasteiger partial charge in [0.15, 0.2) is 11.0 Å². The van der Waals surface area contributed by atoms with Crippen molar-refractivity contribution in [2.75, 3.05) is 13.1 Å². The molecule has 0 fully saturated rings. The first-order valence-electron chi connectivity index (χ1n) is 9.21. The Hall–Kier alpha value is -2.31. The van der Waals surface area contributed by atoms with Gasteiger partial charge in [0.05, 0.1) is 5.02 Å². The number of benzene rings is 2. The van der Waals surface area contributed by atoms with E-state index in [1.165, 1.54) is 11.8 Å². The zero-order chi connectivity index (χ0) is 20.1. The molecule has 0 unspecified atom stereocenters. The molecule has 0 saturated carbocycles. The number of hydrogen-bond acceptors (Lipinski definition) is 4. The number of halogens is 1. The zero-order valence-corrected chi connectivity index (χ0v) is 17.7. The van der Waals surface area contributed by atoms with Crippen LogP contribution in [-0.4, -0.2) is 38.7 Å². The fraction of sp³-hybridized carbons (Fsp3) is 0.286. The number of carbonyl (C=O) groups is 1. The Balaban J connectivity index is 1.96. The molecule has 1 amide bonds. The van der Waals surface area contributed by atoms with Gasteiger partial charge in [-0.2, -0.15) is 0 Å². The fourth-order valence-electron chi connectivity index (χ4n) is 2.99. The minimum absolute atomic E-state index is 0.0727. The van der Waals surface area contributed by atoms with E-state index in [1.807, 2.05) is 85.0 Å². The highest BCUT2D eigenvalue weighted by atomic mass is 35.5. The zero-order valence-electron chi connectivity index (χ0n) is 16.2. The summed E-state index contributed by atoms with van der Waals surface area (Å²) >= 11 is 7.73. The van der Waals surface area contributed by atoms with Crippen molar-refractivity contribution in [3.63, 3.8) is 0 Å². The molecule has 0 aliphatic rings. The van der Waals surface area contributed by atoms with Crippen LogP contribution in [-0.2, 0) is 11.8 Å². The summed E-state index contributed by atoms with van der Waals surface area (Å²) in [5, 5.41) is 9.56. The van der Waals surface area contributed by atoms with E-state index in [9.17, 15) is 4.79 Å². The van der Waals surface area contributed by atoms with E-state index in [0.717, 1.165) is 11.1 Å². The maximum absolute atomic E-state index is 13.2. The molecule has 3 rings (SSSR count). The van der Waals surface area contributed by atoms with Crippen molar-refractivity contribution >= 4 is 29.3 Å². The first-order chi connectivity index (χ1) is 13.6. The topological polar surface area (TPSA) is 51.0 Å². The summed E-state index contributed by atoms with van der Waals surface area (Å²) < 4.78 is 1.89. The van der Waals surface area contributed by atoms with Crippen LogP contribution >= 0.6 is 23.4 Å². The van der Waals surface area contributed by atoms with E-state index >= 15 is 0 Å². The van der Waals surface area contributed by atoms with Gasteiger partial charge in [0.2, 0.25) is 5.91 Å². The van der Waals surface area contributed by atoms with Crippen LogP contribution in [0.3, 0.4) is 0 Å². The van der Waals surface area contributed by atoms with Gasteiger partial charge in [0.25, 0.3) is 0 Å². The Morgan fingerprint density at radius 2 is 1.71 bits per heavy atom. The van der Waals surface area contributed by atoms with E-state index in [4.69, 9.17) is 11.6 Å². The van der Waals surface area contributed by atoms with Crippen molar-refractivity contribution < 1.29 is 4.79 Å². The summed E-state index contributed by atoms with van der Waals surface area (Å²) in [7, 11) is 1.89. The predicted molar refractivity (Wildman–Crippen MR) is 114 cm³/mol. The van der Waals surface area contributed by atoms with Crippen LogP contribution in [0.1, 0.15) is 24.7 Å². The number of rotatable bonds is 7. The van der Waals surface area contributed by atoms with Gasteiger partial charge in [0.1, 0.15) is 5.25 Å². The number of aromatic nitrogens is 3. The minimum atomic E-state index is -0.386. The third-order valence-electron chi connectivity index (χ3n) is 4.57. The third-order valence-corrected chi connectivity index (χ3v) is 6.18. The molecule has 0 N–H and O–H groups in total. The number of carbonyl (C=O) groups excluding carboxylic acids is 1. The second-order valence-corrected chi connectivity index (χ2v) is 7.74. The molecule has 0 saturated heterocycles. The van der Waals surface area contributed by atoms with E-state index in [0.29, 0.717) is 29.1 Å². The van der Waals surface area contributed by atoms with Gasteiger partial charge < -0.3 is 9.47 Å². The van der Waals surface area contributed by atoms with Crippen LogP contribution in [0.25, 0.3) is 11.4 Å². The van der Waals surface area contributed by atoms with E-state index in [-0.39, 0.29) is 11.2 Å². The van der Waals surface area contributed by atoms with Crippen molar-refractivity contribution in [2.45, 2.75) is 24.3 Å². The lowest BCUT2D eigenvalue weighted by atomic mass is 10.1. The first kappa shape index (κ1) is 20.4. The first-order valence-corrected chi connectivity index (χ1v) is 10.5. The standard InChI is InChI=1S/C21H23ClN4OS/c1-4-26(5-2)20(27)18(15-11-7-6-8-12-15)28-21-24-23-19(25(21)3)16-13-9-10-14-17(16)22/h6-14,18H,4-5H2,1-3H3/t18-/m1/s1. The van der Waals surface area contributed by atoms with Crippen LogP contribution in [0.5, 0.6) is 0 Å². The van der Waals surface area contributed by atoms with E-state index < -0.39 is 0 Å². The molecule has 28 heavy (non-hydrogen) atoms. The summed E-state index contributed by atoms with van der Waals surface area (Å²) in [5.41, 5.74) is 1.77. The number of nitrogens with zero attached hydrogens (tertiary/aromatic N) is 4. The maximum Gasteiger partial charge on any atom is 0.240 e. The molecule has 0 aliphatic carbocycles. The Bertz CT molecular complexity index is 941. The number of thioether (sulfide) groups is 1. The minimum Gasteiger partial charge on any atom is -0.342 e. The van der Waals surface area contributed by atoms with Gasteiger partial charge in [-0.05, 0) is 31.5 Å². The molecular formula is C21H23ClN4OS. The highest BCUT2D eigenvalue weighted by molar-refractivity contribution is 8.00. The lowest BCUT2D eigenvalue weighted by molar-refractivity contribution is -0.130. The van der Waals surface area contributed by atoms with Gasteiger partial charge >= 0.3 is 0 Å². The van der Waals surface area contributed by atoms with Gasteiger partial charge in [-0.3, -0.25) is 4.79 Å². The van der Waals surface area contributed by atoms with Crippen LogP contribution in [0.2, 0.25) is 5.02 Å². The van der Waals surface area contributed by atoms with Crippen molar-refractivity contribution in [3.05, 3.63) is 65.2 Å². The normalized spacial score (nSPS) is 12.0. The lowest BCUT2D eigenvalue weighted by Gasteiger charge is -2.24. The van der Waals surface area contributed by atoms with Crippen molar-refractivity contribution in [2.24, 2.45) is 7.05 Å². The molecule has 2 aromatic carbocycles. The average molecular weight is 415 g/mol. The Morgan fingerprint density at radius 3 is 2.36 bits per heavy atom. The summed E-state index contributed by atoms with van der Waals surface area (Å²) in [6.45, 7) is 5.32. The second kappa shape index (κ2) is 9.26. The smallest absolute Gasteiger partial charge is 0.240 e. The molecule has 146 valence electrons. The molecule has 1 aromatic heterocycles. The number of hydrogen-bond donors (Lipinski definition) is 0. The number of likely N-dealkylation sites (N-methyl/N-ethyl adjacent to an activating group) is 1. The monoisotopic (exact) mass is 414 g/mol. The SMILES string of the molecule is CCN(CC)C(=O)[C@H](Sc1nnc(-c2ccccc2Cl)n1C)c1ccccc1. The summed E-state index contributed by atoms with van der Waals surface area (Å²) in [6.07, 6.45) is 0. The van der Waals surface area contributed by atoms with Crippen LogP contribution in [0, 0.1) is 0 Å². The second-order valence-electron chi connectivity index (χ2n) is 6.26. The molecule has 1 heterocycles. The molecule has 7 heteroatoms. The highest BCUT2D eigenvalue weighted by Crippen LogP contribution is 2.37. The van der Waals surface area contributed by atoms with Crippen molar-refractivity contribution in [1.82, 2.24) is 19.7 Å². The molecule has 0 radical (unpaired) electrons. The predicted octanol–water partition coefficient (Wildman–Crippen LogP) is 4.84. The molecule has 0 bridgehead atoms. The van der Waals surface area contributed by atoms with E-state index in [2.05, 4.69) is 10.2 Å². The van der Waals surface area contributed by atoms with Gasteiger partial charge in [-0.15, -0.1) is 10.2 Å². The van der Waals surface area contributed by atoms with Gasteiger partial charge in [-0.25, -0.2) is 0 Å². The lowest BCUT2D eigenvalue weighted by Crippen LogP contribution is -2.34. The Kier molecular flexibility index (Phi) is 6.75. The summed E-state index contributed by atoms with van der Waals surface area (Å²) in [6, 6.07) is 17.3. The molecule has 0 aliphatic heterocycles. The largest absolute Gasteiger partial charge is 0.342 e. The Labute approximate surface area is 174 Å². The van der Waals surface area contributed by atoms with E-state index in [1.54, 1.807) is 0 Å². The van der Waals surface area contributed by atoms with Crippen LogP contribution in [0.4, 0.5) is 0 Å². The fourth-order valence-corrected chi connectivity index (χ4v) is 4.30. The summed E-state index contributed by atoms with van der Waals surface area (Å²) in [5.74, 6) is 0.749. The summed E-state index contributed by atoms with van der Waals surface area (Å²) in [4.78, 5) is 15.0. The Morgan fingerprint density at radius 1 is 1.07 bits per heavy atom. The van der Waals surface area contributed by atoms with Crippen LogP contribution < -0.4 is 0 Å². The average Bonchev–Trinajstić information content (AvgIpc) is 3.08. The van der Waals surface area contributed by atoms with Crippen molar-refractivity contribution in [3.8, 4) is 11.4 Å². The van der Waals surface area contributed by atoms with Gasteiger partial charge in [-0.1, -0.05) is 65.8 Å². The molecule has 3 aromatic rings. The van der Waals surface area contributed by atoms with Crippen molar-refractivity contribution in [1.29, 1.82) is 0 Å². The maximum atomic E-state index is 13.2. The molecule has 5 nitrogen and oxygen atoms in total. The molecule has 0 spiro atoms. The molecular weight excluding hydrogens is 392 g/mol. The third kappa shape index (κ3) is 4.23. The van der Waals surface area contributed by atoms with Gasteiger partial charge in [0, 0.05) is 25.7 Å².